The third-order valence-corrected chi connectivity index (χ3v) is 4.53. The third-order valence-electron chi connectivity index (χ3n) is 4.53. The molecule has 0 aromatic rings. The summed E-state index contributed by atoms with van der Waals surface area (Å²) in [5.74, 6) is 1.31. The van der Waals surface area contributed by atoms with Crippen LogP contribution in [0.4, 0.5) is 4.79 Å². The first kappa shape index (κ1) is 15.6. The lowest BCUT2D eigenvalue weighted by Gasteiger charge is -2.40. The Bertz CT molecular complexity index is 338. The molecule has 0 radical (unpaired) electrons. The highest BCUT2D eigenvalue weighted by atomic mass is 16.6. The number of nitrogens with two attached hydrogens (primary N) is 1. The van der Waals surface area contributed by atoms with Gasteiger partial charge in [0, 0.05) is 19.1 Å². The fourth-order valence-electron chi connectivity index (χ4n) is 3.58. The molecule has 20 heavy (non-hydrogen) atoms. The Kier molecular flexibility index (Phi) is 4.95. The molecule has 1 aliphatic carbocycles. The van der Waals surface area contributed by atoms with Crippen LogP contribution in [-0.2, 0) is 4.74 Å². The highest BCUT2D eigenvalue weighted by Crippen LogP contribution is 2.34. The van der Waals surface area contributed by atoms with Crippen molar-refractivity contribution in [1.82, 2.24) is 4.90 Å². The fourth-order valence-corrected chi connectivity index (χ4v) is 3.58. The van der Waals surface area contributed by atoms with Crippen molar-refractivity contribution >= 4 is 6.09 Å². The lowest BCUT2D eigenvalue weighted by Crippen LogP contribution is -2.45. The van der Waals surface area contributed by atoms with Gasteiger partial charge < -0.3 is 15.4 Å². The van der Waals surface area contributed by atoms with E-state index in [1.807, 2.05) is 25.7 Å². The van der Waals surface area contributed by atoms with Crippen LogP contribution in [0.15, 0.2) is 0 Å². The van der Waals surface area contributed by atoms with Gasteiger partial charge in [-0.2, -0.15) is 0 Å². The molecule has 2 N–H and O–H groups in total. The quantitative estimate of drug-likeness (QED) is 0.803. The number of hydrogen-bond acceptors (Lipinski definition) is 3. The van der Waals surface area contributed by atoms with E-state index in [4.69, 9.17) is 10.5 Å². The maximum absolute atomic E-state index is 12.2. The number of rotatable bonds is 1. The lowest BCUT2D eigenvalue weighted by molar-refractivity contribution is 0.0111. The van der Waals surface area contributed by atoms with E-state index in [1.54, 1.807) is 0 Å². The number of piperidine rings is 1. The Morgan fingerprint density at radius 1 is 1.15 bits per heavy atom. The standard InChI is InChI=1S/C16H30N2O2/c1-16(2,3)20-15(19)18-9-5-7-13(11-18)12-6-4-8-14(17)10-12/h12-14H,4-11,17H2,1-3H3/t12-,13+,14-/m1/s1. The molecule has 2 rings (SSSR count). The Morgan fingerprint density at radius 2 is 1.85 bits per heavy atom. The minimum absolute atomic E-state index is 0.151. The normalized spacial score (nSPS) is 32.0. The van der Waals surface area contributed by atoms with Gasteiger partial charge in [0.15, 0.2) is 0 Å². The second kappa shape index (κ2) is 6.33. The van der Waals surface area contributed by atoms with Crippen molar-refractivity contribution in [2.45, 2.75) is 70.9 Å². The van der Waals surface area contributed by atoms with E-state index in [2.05, 4.69) is 0 Å². The predicted molar refractivity (Wildman–Crippen MR) is 80.5 cm³/mol. The first-order chi connectivity index (χ1) is 9.35. The molecule has 3 atom stereocenters. The number of hydrogen-bond donors (Lipinski definition) is 1. The topological polar surface area (TPSA) is 55.6 Å². The second-order valence-corrected chi connectivity index (χ2v) is 7.52. The molecule has 116 valence electrons. The number of nitrogens with zero attached hydrogens (tertiary/aromatic N) is 1. The molecule has 2 fully saturated rings. The maximum Gasteiger partial charge on any atom is 0.410 e. The van der Waals surface area contributed by atoms with E-state index < -0.39 is 5.60 Å². The van der Waals surface area contributed by atoms with Crippen LogP contribution in [0.5, 0.6) is 0 Å². The zero-order valence-corrected chi connectivity index (χ0v) is 13.2. The second-order valence-electron chi connectivity index (χ2n) is 7.52. The van der Waals surface area contributed by atoms with Gasteiger partial charge in [-0.3, -0.25) is 0 Å². The Morgan fingerprint density at radius 3 is 2.50 bits per heavy atom. The summed E-state index contributed by atoms with van der Waals surface area (Å²) in [4.78, 5) is 14.1. The summed E-state index contributed by atoms with van der Waals surface area (Å²) in [6.45, 7) is 7.46. The number of likely N-dealkylation sites (tertiary alicyclic amines) is 1. The van der Waals surface area contributed by atoms with Gasteiger partial charge in [0.05, 0.1) is 0 Å². The zero-order chi connectivity index (χ0) is 14.8. The Labute approximate surface area is 123 Å². The van der Waals surface area contributed by atoms with Crippen molar-refractivity contribution in [1.29, 1.82) is 0 Å². The van der Waals surface area contributed by atoms with Crippen LogP contribution in [0.1, 0.15) is 59.3 Å². The summed E-state index contributed by atoms with van der Waals surface area (Å²) in [6, 6.07) is 0.366. The molecule has 0 aromatic carbocycles. The molecule has 0 bridgehead atoms. The molecule has 4 heteroatoms. The first-order valence-corrected chi connectivity index (χ1v) is 8.08. The van der Waals surface area contributed by atoms with Crippen molar-refractivity contribution < 1.29 is 9.53 Å². The Hall–Kier alpha value is -0.770. The molecule has 0 aromatic heterocycles. The van der Waals surface area contributed by atoms with Gasteiger partial charge in [0.2, 0.25) is 0 Å². The zero-order valence-electron chi connectivity index (χ0n) is 13.2. The van der Waals surface area contributed by atoms with Crippen molar-refractivity contribution in [3.8, 4) is 0 Å². The molecule has 2 aliphatic rings. The lowest BCUT2D eigenvalue weighted by atomic mass is 9.75. The van der Waals surface area contributed by atoms with E-state index in [9.17, 15) is 4.79 Å². The van der Waals surface area contributed by atoms with Crippen molar-refractivity contribution in [3.63, 3.8) is 0 Å². The minimum atomic E-state index is -0.406. The molecule has 4 nitrogen and oxygen atoms in total. The van der Waals surface area contributed by atoms with Crippen LogP contribution < -0.4 is 5.73 Å². The number of carbonyl (C=O) groups is 1. The number of ether oxygens (including phenoxy) is 1. The largest absolute Gasteiger partial charge is 0.444 e. The minimum Gasteiger partial charge on any atom is -0.444 e. The van der Waals surface area contributed by atoms with Crippen molar-refractivity contribution in [3.05, 3.63) is 0 Å². The van der Waals surface area contributed by atoms with Crippen LogP contribution in [-0.4, -0.2) is 35.7 Å². The van der Waals surface area contributed by atoms with E-state index in [-0.39, 0.29) is 6.09 Å². The third kappa shape index (κ3) is 4.37. The van der Waals surface area contributed by atoms with Crippen LogP contribution in [0.25, 0.3) is 0 Å². The molecule has 1 aliphatic heterocycles. The van der Waals surface area contributed by atoms with E-state index in [0.717, 1.165) is 25.9 Å². The molecule has 0 spiro atoms. The molecular weight excluding hydrogens is 252 g/mol. The van der Waals surface area contributed by atoms with Crippen LogP contribution in [0.2, 0.25) is 0 Å². The summed E-state index contributed by atoms with van der Waals surface area (Å²) in [5, 5.41) is 0. The summed E-state index contributed by atoms with van der Waals surface area (Å²) >= 11 is 0. The molecular formula is C16H30N2O2. The molecule has 1 saturated heterocycles. The van der Waals surface area contributed by atoms with Gasteiger partial charge in [-0.25, -0.2) is 4.79 Å². The maximum atomic E-state index is 12.2. The number of amides is 1. The summed E-state index contributed by atoms with van der Waals surface area (Å²) in [6.07, 6.45) is 7.00. The SMILES string of the molecule is CC(C)(C)OC(=O)N1CCC[C@H]([C@@H]2CCC[C@@H](N)C2)C1. The van der Waals surface area contributed by atoms with Crippen LogP contribution >= 0.6 is 0 Å². The van der Waals surface area contributed by atoms with Gasteiger partial charge in [-0.1, -0.05) is 12.8 Å². The fraction of sp³-hybridized carbons (Fsp3) is 0.938. The van der Waals surface area contributed by atoms with Crippen LogP contribution in [0.3, 0.4) is 0 Å². The van der Waals surface area contributed by atoms with Gasteiger partial charge in [0.1, 0.15) is 5.60 Å². The van der Waals surface area contributed by atoms with E-state index in [1.165, 1.54) is 25.7 Å². The van der Waals surface area contributed by atoms with Gasteiger partial charge >= 0.3 is 6.09 Å². The first-order valence-electron chi connectivity index (χ1n) is 8.08. The highest BCUT2D eigenvalue weighted by molar-refractivity contribution is 5.68. The average Bonchev–Trinajstić information content (AvgIpc) is 2.37. The average molecular weight is 282 g/mol. The van der Waals surface area contributed by atoms with Crippen molar-refractivity contribution in [2.75, 3.05) is 13.1 Å². The van der Waals surface area contributed by atoms with Crippen molar-refractivity contribution in [2.24, 2.45) is 17.6 Å². The smallest absolute Gasteiger partial charge is 0.410 e. The van der Waals surface area contributed by atoms with Gasteiger partial charge in [-0.15, -0.1) is 0 Å². The van der Waals surface area contributed by atoms with E-state index in [0.29, 0.717) is 17.9 Å². The van der Waals surface area contributed by atoms with E-state index >= 15 is 0 Å². The predicted octanol–water partition coefficient (Wildman–Crippen LogP) is 3.15. The van der Waals surface area contributed by atoms with Gasteiger partial charge in [-0.05, 0) is 58.3 Å². The molecule has 1 saturated carbocycles. The Balaban J connectivity index is 1.89. The summed E-state index contributed by atoms with van der Waals surface area (Å²) in [7, 11) is 0. The molecule has 1 amide bonds. The van der Waals surface area contributed by atoms with Crippen LogP contribution in [0, 0.1) is 11.8 Å². The summed E-state index contributed by atoms with van der Waals surface area (Å²) in [5.41, 5.74) is 5.70. The number of carbonyl (C=O) groups excluding carboxylic acids is 1. The van der Waals surface area contributed by atoms with Gasteiger partial charge in [0.25, 0.3) is 0 Å². The molecule has 0 unspecified atom stereocenters. The summed E-state index contributed by atoms with van der Waals surface area (Å²) < 4.78 is 5.50. The highest BCUT2D eigenvalue weighted by Gasteiger charge is 2.33. The molecule has 1 heterocycles. The monoisotopic (exact) mass is 282 g/mol.